The molecule has 3 unspecified atom stereocenters. The van der Waals surface area contributed by atoms with Crippen LogP contribution in [-0.4, -0.2) is 32.0 Å². The second-order valence-electron chi connectivity index (χ2n) is 4.83. The third-order valence-corrected chi connectivity index (χ3v) is 3.43. The molecule has 1 rings (SSSR count). The number of hydrogen-bond donors (Lipinski definition) is 1. The molecule has 1 aliphatic rings. The Morgan fingerprint density at radius 2 is 2.00 bits per heavy atom. The van der Waals surface area contributed by atoms with E-state index in [0.29, 0.717) is 5.92 Å². The van der Waals surface area contributed by atoms with Crippen molar-refractivity contribution in [3.8, 4) is 0 Å². The van der Waals surface area contributed by atoms with Crippen molar-refractivity contribution < 1.29 is 17.9 Å². The van der Waals surface area contributed by atoms with Crippen LogP contribution in [0.1, 0.15) is 39.0 Å². The summed E-state index contributed by atoms with van der Waals surface area (Å²) in [5.74, 6) is 0.517. The molecule has 2 nitrogen and oxygen atoms in total. The largest absolute Gasteiger partial charge is 0.411 e. The number of ether oxygens (including phenoxy) is 1. The van der Waals surface area contributed by atoms with E-state index < -0.39 is 12.8 Å². The fourth-order valence-corrected chi connectivity index (χ4v) is 2.60. The third kappa shape index (κ3) is 5.25. The SMILES string of the molecule is CCCC1CCC(NC)C(OCC(F)(F)F)C1. The predicted molar refractivity (Wildman–Crippen MR) is 60.9 cm³/mol. The minimum absolute atomic E-state index is 0.0606. The molecule has 102 valence electrons. The summed E-state index contributed by atoms with van der Waals surface area (Å²) >= 11 is 0. The highest BCUT2D eigenvalue weighted by Crippen LogP contribution is 2.30. The van der Waals surface area contributed by atoms with Crippen LogP contribution in [0.5, 0.6) is 0 Å². The average molecular weight is 253 g/mol. The van der Waals surface area contributed by atoms with Crippen molar-refractivity contribution in [2.45, 2.75) is 57.3 Å². The lowest BCUT2D eigenvalue weighted by atomic mass is 9.81. The highest BCUT2D eigenvalue weighted by Gasteiger charge is 2.34. The summed E-state index contributed by atoms with van der Waals surface area (Å²) in [6.45, 7) is 0.977. The molecule has 0 spiro atoms. The Bertz CT molecular complexity index is 220. The highest BCUT2D eigenvalue weighted by atomic mass is 19.4. The summed E-state index contributed by atoms with van der Waals surface area (Å²) in [7, 11) is 1.79. The van der Waals surface area contributed by atoms with Gasteiger partial charge in [-0.1, -0.05) is 19.8 Å². The van der Waals surface area contributed by atoms with Crippen LogP contribution < -0.4 is 5.32 Å². The fraction of sp³-hybridized carbons (Fsp3) is 1.00. The van der Waals surface area contributed by atoms with Crippen molar-refractivity contribution in [2.24, 2.45) is 5.92 Å². The van der Waals surface area contributed by atoms with Crippen molar-refractivity contribution in [3.05, 3.63) is 0 Å². The molecule has 0 radical (unpaired) electrons. The molecule has 0 aromatic heterocycles. The summed E-state index contributed by atoms with van der Waals surface area (Å²) in [4.78, 5) is 0. The molecule has 0 bridgehead atoms. The van der Waals surface area contributed by atoms with E-state index in [2.05, 4.69) is 12.2 Å². The topological polar surface area (TPSA) is 21.3 Å². The van der Waals surface area contributed by atoms with E-state index in [0.717, 1.165) is 32.1 Å². The Hall–Kier alpha value is -0.290. The molecule has 1 aliphatic carbocycles. The number of likely N-dealkylation sites (N-methyl/N-ethyl adjacent to an activating group) is 1. The van der Waals surface area contributed by atoms with E-state index in [1.807, 2.05) is 0 Å². The standard InChI is InChI=1S/C12H22F3NO/c1-3-4-9-5-6-10(16-2)11(7-9)17-8-12(13,14)15/h9-11,16H,3-8H2,1-2H3. The first-order valence-corrected chi connectivity index (χ1v) is 6.32. The molecule has 0 aliphatic heterocycles. The van der Waals surface area contributed by atoms with Crippen LogP contribution in [0.25, 0.3) is 0 Å². The summed E-state index contributed by atoms with van der Waals surface area (Å²) in [5.41, 5.74) is 0. The van der Waals surface area contributed by atoms with Crippen molar-refractivity contribution in [1.82, 2.24) is 5.32 Å². The van der Waals surface area contributed by atoms with Gasteiger partial charge in [0.1, 0.15) is 6.61 Å². The lowest BCUT2D eigenvalue weighted by Crippen LogP contribution is -2.45. The number of rotatable bonds is 5. The van der Waals surface area contributed by atoms with Crippen molar-refractivity contribution in [3.63, 3.8) is 0 Å². The number of alkyl halides is 3. The highest BCUT2D eigenvalue weighted by molar-refractivity contribution is 4.85. The van der Waals surface area contributed by atoms with E-state index in [-0.39, 0.29) is 12.1 Å². The molecule has 17 heavy (non-hydrogen) atoms. The summed E-state index contributed by atoms with van der Waals surface area (Å²) in [6, 6.07) is 0.0606. The van der Waals surface area contributed by atoms with Gasteiger partial charge in [-0.25, -0.2) is 0 Å². The molecule has 1 fully saturated rings. The normalized spacial score (nSPS) is 30.5. The van der Waals surface area contributed by atoms with E-state index in [1.54, 1.807) is 7.05 Å². The zero-order chi connectivity index (χ0) is 12.9. The first-order valence-electron chi connectivity index (χ1n) is 6.32. The zero-order valence-electron chi connectivity index (χ0n) is 10.5. The monoisotopic (exact) mass is 253 g/mol. The molecule has 0 aromatic carbocycles. The van der Waals surface area contributed by atoms with Gasteiger partial charge in [0, 0.05) is 6.04 Å². The Kier molecular flexibility index (Phi) is 5.73. The van der Waals surface area contributed by atoms with Gasteiger partial charge in [0.05, 0.1) is 6.10 Å². The van der Waals surface area contributed by atoms with Gasteiger partial charge in [-0.15, -0.1) is 0 Å². The molecule has 1 N–H and O–H groups in total. The Balaban J connectivity index is 2.45. The quantitative estimate of drug-likeness (QED) is 0.812. The Morgan fingerprint density at radius 3 is 2.53 bits per heavy atom. The minimum Gasteiger partial charge on any atom is -0.367 e. The van der Waals surface area contributed by atoms with Crippen LogP contribution in [0.15, 0.2) is 0 Å². The molecule has 0 aromatic rings. The Morgan fingerprint density at radius 1 is 1.29 bits per heavy atom. The molecular weight excluding hydrogens is 231 g/mol. The van der Waals surface area contributed by atoms with Gasteiger partial charge in [-0.3, -0.25) is 0 Å². The number of nitrogens with one attached hydrogen (secondary N) is 1. The van der Waals surface area contributed by atoms with Crippen LogP contribution in [0.3, 0.4) is 0 Å². The summed E-state index contributed by atoms with van der Waals surface area (Å²) in [5, 5.41) is 3.06. The van der Waals surface area contributed by atoms with Gasteiger partial charge >= 0.3 is 6.18 Å². The molecule has 0 amide bonds. The van der Waals surface area contributed by atoms with E-state index in [9.17, 15) is 13.2 Å². The van der Waals surface area contributed by atoms with E-state index in [1.165, 1.54) is 0 Å². The molecule has 3 atom stereocenters. The predicted octanol–water partition coefficient (Wildman–Crippen LogP) is 3.12. The van der Waals surface area contributed by atoms with Crippen LogP contribution in [0.2, 0.25) is 0 Å². The average Bonchev–Trinajstić information content (AvgIpc) is 2.26. The first kappa shape index (κ1) is 14.8. The lowest BCUT2D eigenvalue weighted by Gasteiger charge is -2.36. The van der Waals surface area contributed by atoms with Gasteiger partial charge in [0.2, 0.25) is 0 Å². The van der Waals surface area contributed by atoms with E-state index in [4.69, 9.17) is 4.74 Å². The van der Waals surface area contributed by atoms with Crippen molar-refractivity contribution in [1.29, 1.82) is 0 Å². The van der Waals surface area contributed by atoms with Crippen LogP contribution >= 0.6 is 0 Å². The second-order valence-corrected chi connectivity index (χ2v) is 4.83. The Labute approximate surface area is 101 Å². The maximum atomic E-state index is 12.1. The maximum Gasteiger partial charge on any atom is 0.411 e. The minimum atomic E-state index is -4.23. The summed E-state index contributed by atoms with van der Waals surface area (Å²) < 4.78 is 41.5. The third-order valence-electron chi connectivity index (χ3n) is 3.43. The first-order chi connectivity index (χ1) is 7.96. The van der Waals surface area contributed by atoms with Crippen molar-refractivity contribution in [2.75, 3.05) is 13.7 Å². The maximum absolute atomic E-state index is 12.1. The molecular formula is C12H22F3NO. The fourth-order valence-electron chi connectivity index (χ4n) is 2.60. The van der Waals surface area contributed by atoms with Gasteiger partial charge in [-0.05, 0) is 32.2 Å². The van der Waals surface area contributed by atoms with Gasteiger partial charge < -0.3 is 10.1 Å². The van der Waals surface area contributed by atoms with Gasteiger partial charge in [0.15, 0.2) is 0 Å². The molecule has 0 saturated heterocycles. The second kappa shape index (κ2) is 6.59. The molecule has 0 heterocycles. The number of halogens is 3. The zero-order valence-corrected chi connectivity index (χ0v) is 10.5. The smallest absolute Gasteiger partial charge is 0.367 e. The van der Waals surface area contributed by atoms with Crippen LogP contribution in [0, 0.1) is 5.92 Å². The summed E-state index contributed by atoms with van der Waals surface area (Å²) in [6.07, 6.45) is 0.385. The van der Waals surface area contributed by atoms with Crippen LogP contribution in [0.4, 0.5) is 13.2 Å². The van der Waals surface area contributed by atoms with E-state index >= 15 is 0 Å². The van der Waals surface area contributed by atoms with Gasteiger partial charge in [0.25, 0.3) is 0 Å². The van der Waals surface area contributed by atoms with Crippen molar-refractivity contribution >= 4 is 0 Å². The molecule has 1 saturated carbocycles. The molecule has 5 heteroatoms. The van der Waals surface area contributed by atoms with Crippen LogP contribution in [-0.2, 0) is 4.74 Å². The number of hydrogen-bond acceptors (Lipinski definition) is 2. The van der Waals surface area contributed by atoms with Gasteiger partial charge in [-0.2, -0.15) is 13.2 Å². The lowest BCUT2D eigenvalue weighted by molar-refractivity contribution is -0.192.